The Labute approximate surface area is 91.1 Å². The molecular weight excluding hydrogens is 238 g/mol. The van der Waals surface area contributed by atoms with E-state index in [1.165, 1.54) is 14.0 Å². The van der Waals surface area contributed by atoms with Gasteiger partial charge < -0.3 is 4.74 Å². The first-order valence-electron chi connectivity index (χ1n) is 3.93. The zero-order valence-electron chi connectivity index (χ0n) is 8.46. The Morgan fingerprint density at radius 3 is 2.50 bits per heavy atom. The first-order valence-corrected chi connectivity index (χ1v) is 5.48. The number of hydrogen-bond donors (Lipinski definition) is 2. The van der Waals surface area contributed by atoms with Crippen LogP contribution in [0.2, 0.25) is 0 Å². The molecule has 0 saturated carbocycles. The summed E-state index contributed by atoms with van der Waals surface area (Å²) in [6.07, 6.45) is 0. The highest BCUT2D eigenvalue weighted by Gasteiger charge is 2.18. The summed E-state index contributed by atoms with van der Waals surface area (Å²) in [5, 5.41) is 5.09. The van der Waals surface area contributed by atoms with Crippen LogP contribution in [0.1, 0.15) is 5.82 Å². The fourth-order valence-electron chi connectivity index (χ4n) is 0.767. The molecule has 0 radical (unpaired) electrons. The topological polar surface area (TPSA) is 137 Å². The number of nitrogens with one attached hydrogen (secondary N) is 1. The molecular formula is C6H9N5O4S. The van der Waals surface area contributed by atoms with Crippen LogP contribution < -0.4 is 15.2 Å². The number of hydrogen-bond acceptors (Lipinski definition) is 7. The quantitative estimate of drug-likeness (QED) is 0.684. The molecule has 88 valence electrons. The molecule has 0 aliphatic carbocycles. The zero-order chi connectivity index (χ0) is 12.3. The van der Waals surface area contributed by atoms with E-state index in [2.05, 4.69) is 20.1 Å². The van der Waals surface area contributed by atoms with E-state index >= 15 is 0 Å². The molecule has 0 spiro atoms. The number of aromatic nitrogens is 3. The number of ether oxygens (including phenoxy) is 1. The summed E-state index contributed by atoms with van der Waals surface area (Å²) in [6, 6.07) is -0.0442. The molecule has 1 aromatic heterocycles. The van der Waals surface area contributed by atoms with Crippen molar-refractivity contribution in [3.63, 3.8) is 0 Å². The number of primary sulfonamides is 1. The maximum absolute atomic E-state index is 11.0. The third kappa shape index (κ3) is 3.10. The minimum Gasteiger partial charge on any atom is -0.467 e. The molecule has 3 N–H and O–H groups in total. The Bertz CT molecular complexity index is 514. The van der Waals surface area contributed by atoms with Gasteiger partial charge in [0.25, 0.3) is 10.0 Å². The molecule has 0 unspecified atom stereocenters. The first kappa shape index (κ1) is 12.3. The lowest BCUT2D eigenvalue weighted by Crippen LogP contribution is -2.29. The van der Waals surface area contributed by atoms with Gasteiger partial charge in [0.1, 0.15) is 5.82 Å². The minimum absolute atomic E-state index is 0.0442. The van der Waals surface area contributed by atoms with E-state index in [-0.39, 0.29) is 17.8 Å². The van der Waals surface area contributed by atoms with E-state index < -0.39 is 15.3 Å². The maximum Gasteiger partial charge on any atom is 0.358 e. The summed E-state index contributed by atoms with van der Waals surface area (Å²) in [5.41, 5.74) is 0. The third-order valence-corrected chi connectivity index (χ3v) is 2.00. The summed E-state index contributed by atoms with van der Waals surface area (Å²) in [6.45, 7) is 1.52. The van der Waals surface area contributed by atoms with E-state index in [0.29, 0.717) is 0 Å². The average molecular weight is 247 g/mol. The van der Waals surface area contributed by atoms with Crippen LogP contribution in [0.15, 0.2) is 0 Å². The van der Waals surface area contributed by atoms with Gasteiger partial charge in [0, 0.05) is 0 Å². The van der Waals surface area contributed by atoms with Crippen LogP contribution in [-0.4, -0.2) is 35.7 Å². The second-order valence-electron chi connectivity index (χ2n) is 2.65. The highest BCUT2D eigenvalue weighted by Crippen LogP contribution is 2.06. The number of sulfonamides is 1. The molecule has 0 aliphatic rings. The lowest BCUT2D eigenvalue weighted by Gasteiger charge is -2.03. The fourth-order valence-corrected chi connectivity index (χ4v) is 1.00. The van der Waals surface area contributed by atoms with Crippen LogP contribution in [-0.2, 0) is 10.0 Å². The van der Waals surface area contributed by atoms with E-state index in [1.54, 1.807) is 0 Å². The summed E-state index contributed by atoms with van der Waals surface area (Å²) in [4.78, 5) is 22.0. The molecule has 16 heavy (non-hydrogen) atoms. The van der Waals surface area contributed by atoms with Gasteiger partial charge in [-0.1, -0.05) is 0 Å². The van der Waals surface area contributed by atoms with Gasteiger partial charge in [0.15, 0.2) is 0 Å². The van der Waals surface area contributed by atoms with Crippen molar-refractivity contribution in [1.29, 1.82) is 0 Å². The predicted molar refractivity (Wildman–Crippen MR) is 53.2 cm³/mol. The summed E-state index contributed by atoms with van der Waals surface area (Å²) in [7, 11) is -3.01. The number of nitrogens with two attached hydrogens (primary N) is 1. The molecule has 1 amide bonds. The van der Waals surface area contributed by atoms with Gasteiger partial charge in [-0.25, -0.2) is 13.6 Å². The number of carbonyl (C=O) groups is 1. The number of rotatable bonds is 2. The number of methoxy groups -OCH3 is 1. The molecule has 1 aromatic rings. The van der Waals surface area contributed by atoms with E-state index in [4.69, 9.17) is 4.74 Å². The van der Waals surface area contributed by atoms with E-state index in [9.17, 15) is 13.2 Å². The monoisotopic (exact) mass is 247 g/mol. The highest BCUT2D eigenvalue weighted by atomic mass is 32.2. The molecule has 0 saturated heterocycles. The Morgan fingerprint density at radius 2 is 2.00 bits per heavy atom. The Hall–Kier alpha value is -1.81. The van der Waals surface area contributed by atoms with Gasteiger partial charge in [-0.15, -0.1) is 0 Å². The van der Waals surface area contributed by atoms with Gasteiger partial charge in [-0.3, -0.25) is 10.1 Å². The van der Waals surface area contributed by atoms with Crippen molar-refractivity contribution < 1.29 is 17.9 Å². The van der Waals surface area contributed by atoms with Crippen LogP contribution >= 0.6 is 0 Å². The Balaban J connectivity index is 2.98. The molecule has 0 aromatic carbocycles. The van der Waals surface area contributed by atoms with E-state index in [1.807, 2.05) is 5.32 Å². The fraction of sp³-hybridized carbons (Fsp3) is 0.333. The number of amides is 1. The van der Waals surface area contributed by atoms with Gasteiger partial charge in [-0.05, 0) is 6.92 Å². The normalized spacial score (nSPS) is 10.9. The van der Waals surface area contributed by atoms with Crippen LogP contribution in [0.4, 0.5) is 10.7 Å². The van der Waals surface area contributed by atoms with Crippen molar-refractivity contribution in [2.24, 2.45) is 5.14 Å². The highest BCUT2D eigenvalue weighted by molar-refractivity contribution is 8.04. The Kier molecular flexibility index (Phi) is 3.34. The Morgan fingerprint density at radius 1 is 1.38 bits per heavy atom. The SMILES string of the molecule is COc1nc(C)nc(NC(=O)S(N)(=O)=O)n1. The zero-order valence-corrected chi connectivity index (χ0v) is 9.28. The maximum atomic E-state index is 11.0. The lowest BCUT2D eigenvalue weighted by atomic mass is 10.7. The lowest BCUT2D eigenvalue weighted by molar-refractivity contribution is 0.267. The number of anilines is 1. The number of aryl methyl sites for hydroxylation is 1. The molecule has 1 heterocycles. The average Bonchev–Trinajstić information content (AvgIpc) is 2.15. The van der Waals surface area contributed by atoms with Crippen molar-refractivity contribution in [3.05, 3.63) is 5.82 Å². The van der Waals surface area contributed by atoms with Crippen molar-refractivity contribution in [1.82, 2.24) is 15.0 Å². The summed E-state index contributed by atoms with van der Waals surface area (Å²) in [5.74, 6) is 0.0138. The second-order valence-corrected chi connectivity index (χ2v) is 4.11. The van der Waals surface area contributed by atoms with Gasteiger partial charge >= 0.3 is 11.2 Å². The summed E-state index contributed by atoms with van der Waals surface area (Å²) < 4.78 is 26.0. The van der Waals surface area contributed by atoms with Gasteiger partial charge in [-0.2, -0.15) is 15.0 Å². The van der Waals surface area contributed by atoms with Crippen molar-refractivity contribution in [3.8, 4) is 6.01 Å². The van der Waals surface area contributed by atoms with Crippen molar-refractivity contribution in [2.75, 3.05) is 12.4 Å². The van der Waals surface area contributed by atoms with Gasteiger partial charge in [0.2, 0.25) is 5.95 Å². The second kappa shape index (κ2) is 4.37. The molecule has 10 heteroatoms. The van der Waals surface area contributed by atoms with Crippen LogP contribution in [0, 0.1) is 6.92 Å². The smallest absolute Gasteiger partial charge is 0.358 e. The van der Waals surface area contributed by atoms with Crippen molar-refractivity contribution in [2.45, 2.75) is 6.92 Å². The molecule has 0 aliphatic heterocycles. The first-order chi connectivity index (χ1) is 7.32. The molecule has 0 bridgehead atoms. The van der Waals surface area contributed by atoms with Crippen LogP contribution in [0.3, 0.4) is 0 Å². The van der Waals surface area contributed by atoms with Crippen LogP contribution in [0.5, 0.6) is 6.01 Å². The number of carbonyl (C=O) groups excluding carboxylic acids is 1. The number of nitrogens with zero attached hydrogens (tertiary/aromatic N) is 3. The van der Waals surface area contributed by atoms with Crippen LogP contribution in [0.25, 0.3) is 0 Å². The molecule has 0 fully saturated rings. The summed E-state index contributed by atoms with van der Waals surface area (Å²) >= 11 is 0. The third-order valence-electron chi connectivity index (χ3n) is 1.38. The standard InChI is InChI=1S/C6H9N5O4S/c1-3-8-4(10-5(9-3)15-2)11-6(12)16(7,13)14/h1-2H3,(H2,7,13,14)(H,8,9,10,11,12). The molecule has 9 nitrogen and oxygen atoms in total. The van der Waals surface area contributed by atoms with Crippen molar-refractivity contribution >= 4 is 21.2 Å². The molecule has 1 rings (SSSR count). The molecule has 0 atom stereocenters. The largest absolute Gasteiger partial charge is 0.467 e. The minimum atomic E-state index is -4.32. The van der Waals surface area contributed by atoms with Gasteiger partial charge in [0.05, 0.1) is 7.11 Å². The van der Waals surface area contributed by atoms with E-state index in [0.717, 1.165) is 0 Å². The predicted octanol–water partition coefficient (Wildman–Crippen LogP) is -0.991.